The molecule has 0 saturated carbocycles. The standard InChI is InChI=1S/C15H20F2N2O/c1-11(10-19-7-2-3-8-19)9-18-15(20)12-5-4-6-13(16)14(12)17/h4-6,11H,2-3,7-10H2,1H3,(H,18,20). The highest BCUT2D eigenvalue weighted by atomic mass is 19.2. The average Bonchev–Trinajstić information content (AvgIpc) is 2.92. The highest BCUT2D eigenvalue weighted by Gasteiger charge is 2.17. The molecule has 0 aromatic heterocycles. The van der Waals surface area contributed by atoms with Gasteiger partial charge in [-0.2, -0.15) is 0 Å². The summed E-state index contributed by atoms with van der Waals surface area (Å²) < 4.78 is 26.5. The molecular weight excluding hydrogens is 262 g/mol. The first-order valence-corrected chi connectivity index (χ1v) is 7.02. The Morgan fingerprint density at radius 3 is 2.75 bits per heavy atom. The van der Waals surface area contributed by atoms with Gasteiger partial charge < -0.3 is 10.2 Å². The summed E-state index contributed by atoms with van der Waals surface area (Å²) >= 11 is 0. The number of benzene rings is 1. The molecule has 1 aliphatic rings. The summed E-state index contributed by atoms with van der Waals surface area (Å²) in [6, 6.07) is 3.63. The number of carbonyl (C=O) groups is 1. The summed E-state index contributed by atoms with van der Waals surface area (Å²) in [5.41, 5.74) is -0.238. The lowest BCUT2D eigenvalue weighted by molar-refractivity contribution is 0.0940. The molecule has 0 bridgehead atoms. The molecule has 1 unspecified atom stereocenters. The zero-order valence-electron chi connectivity index (χ0n) is 11.7. The minimum Gasteiger partial charge on any atom is -0.352 e. The van der Waals surface area contributed by atoms with E-state index in [2.05, 4.69) is 10.2 Å². The molecule has 110 valence electrons. The van der Waals surface area contributed by atoms with E-state index >= 15 is 0 Å². The van der Waals surface area contributed by atoms with Gasteiger partial charge in [-0.25, -0.2) is 8.78 Å². The van der Waals surface area contributed by atoms with Crippen LogP contribution in [0.5, 0.6) is 0 Å². The first-order valence-electron chi connectivity index (χ1n) is 7.02. The summed E-state index contributed by atoms with van der Waals surface area (Å²) in [5.74, 6) is -2.36. The van der Waals surface area contributed by atoms with E-state index in [1.165, 1.54) is 25.0 Å². The molecule has 2 rings (SSSR count). The molecule has 1 amide bonds. The molecule has 1 aromatic carbocycles. The summed E-state index contributed by atoms with van der Waals surface area (Å²) in [6.45, 7) is 5.64. The second-order valence-electron chi connectivity index (χ2n) is 5.42. The number of nitrogens with zero attached hydrogens (tertiary/aromatic N) is 1. The van der Waals surface area contributed by atoms with Crippen LogP contribution in [0.3, 0.4) is 0 Å². The number of amides is 1. The van der Waals surface area contributed by atoms with Gasteiger partial charge >= 0.3 is 0 Å². The van der Waals surface area contributed by atoms with Crippen molar-refractivity contribution in [2.45, 2.75) is 19.8 Å². The van der Waals surface area contributed by atoms with E-state index < -0.39 is 17.5 Å². The number of carbonyl (C=O) groups excluding carboxylic acids is 1. The van der Waals surface area contributed by atoms with E-state index in [1.54, 1.807) is 0 Å². The number of nitrogens with one attached hydrogen (secondary N) is 1. The van der Waals surface area contributed by atoms with Gasteiger partial charge in [-0.3, -0.25) is 4.79 Å². The molecule has 1 aliphatic heterocycles. The van der Waals surface area contributed by atoms with Gasteiger partial charge in [0.15, 0.2) is 11.6 Å². The van der Waals surface area contributed by atoms with Crippen LogP contribution in [0.15, 0.2) is 18.2 Å². The predicted molar refractivity (Wildman–Crippen MR) is 73.5 cm³/mol. The topological polar surface area (TPSA) is 32.3 Å². The van der Waals surface area contributed by atoms with E-state index in [-0.39, 0.29) is 11.5 Å². The second-order valence-corrected chi connectivity index (χ2v) is 5.42. The molecule has 1 aromatic rings. The van der Waals surface area contributed by atoms with Crippen LogP contribution in [0.1, 0.15) is 30.1 Å². The Bertz CT molecular complexity index is 473. The van der Waals surface area contributed by atoms with Crippen molar-refractivity contribution >= 4 is 5.91 Å². The van der Waals surface area contributed by atoms with Crippen LogP contribution in [0.2, 0.25) is 0 Å². The van der Waals surface area contributed by atoms with Crippen LogP contribution in [-0.2, 0) is 0 Å². The molecule has 5 heteroatoms. The van der Waals surface area contributed by atoms with Crippen molar-refractivity contribution < 1.29 is 13.6 Å². The lowest BCUT2D eigenvalue weighted by Crippen LogP contribution is -2.34. The van der Waals surface area contributed by atoms with Crippen LogP contribution < -0.4 is 5.32 Å². The highest BCUT2D eigenvalue weighted by Crippen LogP contribution is 2.12. The van der Waals surface area contributed by atoms with E-state index in [4.69, 9.17) is 0 Å². The van der Waals surface area contributed by atoms with Crippen molar-refractivity contribution in [3.05, 3.63) is 35.4 Å². The SMILES string of the molecule is CC(CNC(=O)c1cccc(F)c1F)CN1CCCC1. The Balaban J connectivity index is 1.83. The Labute approximate surface area is 118 Å². The average molecular weight is 282 g/mol. The predicted octanol–water partition coefficient (Wildman–Crippen LogP) is 2.43. The fourth-order valence-corrected chi connectivity index (χ4v) is 2.51. The molecule has 1 saturated heterocycles. The van der Waals surface area contributed by atoms with Crippen LogP contribution in [-0.4, -0.2) is 37.0 Å². The normalized spacial score (nSPS) is 17.1. The number of rotatable bonds is 5. The van der Waals surface area contributed by atoms with Gasteiger partial charge in [0.05, 0.1) is 5.56 Å². The number of hydrogen-bond donors (Lipinski definition) is 1. The van der Waals surface area contributed by atoms with Crippen LogP contribution in [0.4, 0.5) is 8.78 Å². The Hall–Kier alpha value is -1.49. The van der Waals surface area contributed by atoms with Gasteiger partial charge in [-0.05, 0) is 44.0 Å². The molecule has 0 radical (unpaired) electrons. The Morgan fingerprint density at radius 2 is 2.05 bits per heavy atom. The molecule has 20 heavy (non-hydrogen) atoms. The highest BCUT2D eigenvalue weighted by molar-refractivity contribution is 5.94. The maximum absolute atomic E-state index is 13.5. The fourth-order valence-electron chi connectivity index (χ4n) is 2.51. The van der Waals surface area contributed by atoms with E-state index in [9.17, 15) is 13.6 Å². The first kappa shape index (κ1) is 14.9. The number of halogens is 2. The van der Waals surface area contributed by atoms with Crippen molar-refractivity contribution in [2.75, 3.05) is 26.2 Å². The van der Waals surface area contributed by atoms with E-state index in [0.717, 1.165) is 25.7 Å². The van der Waals surface area contributed by atoms with Crippen molar-refractivity contribution in [2.24, 2.45) is 5.92 Å². The number of hydrogen-bond acceptors (Lipinski definition) is 2. The van der Waals surface area contributed by atoms with Crippen molar-refractivity contribution in [3.8, 4) is 0 Å². The molecule has 3 nitrogen and oxygen atoms in total. The van der Waals surface area contributed by atoms with Gasteiger partial charge in [0.1, 0.15) is 0 Å². The van der Waals surface area contributed by atoms with E-state index in [0.29, 0.717) is 6.54 Å². The van der Waals surface area contributed by atoms with Crippen molar-refractivity contribution in [3.63, 3.8) is 0 Å². The Morgan fingerprint density at radius 1 is 1.35 bits per heavy atom. The fraction of sp³-hybridized carbons (Fsp3) is 0.533. The van der Waals surface area contributed by atoms with Crippen LogP contribution in [0.25, 0.3) is 0 Å². The Kier molecular flexibility index (Phi) is 5.06. The van der Waals surface area contributed by atoms with E-state index in [1.807, 2.05) is 6.92 Å². The summed E-state index contributed by atoms with van der Waals surface area (Å²) in [7, 11) is 0. The molecule has 1 atom stereocenters. The summed E-state index contributed by atoms with van der Waals surface area (Å²) in [4.78, 5) is 14.2. The molecule has 1 N–H and O–H groups in total. The summed E-state index contributed by atoms with van der Waals surface area (Å²) in [5, 5.41) is 2.67. The summed E-state index contributed by atoms with van der Waals surface area (Å²) in [6.07, 6.45) is 2.46. The minimum atomic E-state index is -1.09. The monoisotopic (exact) mass is 282 g/mol. The third kappa shape index (κ3) is 3.76. The lowest BCUT2D eigenvalue weighted by atomic mass is 10.1. The quantitative estimate of drug-likeness (QED) is 0.899. The molecule has 0 spiro atoms. The minimum absolute atomic E-state index is 0.238. The van der Waals surface area contributed by atoms with Gasteiger partial charge in [0.2, 0.25) is 0 Å². The van der Waals surface area contributed by atoms with Gasteiger partial charge in [-0.15, -0.1) is 0 Å². The maximum atomic E-state index is 13.5. The zero-order valence-corrected chi connectivity index (χ0v) is 11.7. The largest absolute Gasteiger partial charge is 0.352 e. The lowest BCUT2D eigenvalue weighted by Gasteiger charge is -2.20. The molecule has 0 aliphatic carbocycles. The second kappa shape index (κ2) is 6.79. The number of likely N-dealkylation sites (tertiary alicyclic amines) is 1. The van der Waals surface area contributed by atoms with Crippen LogP contribution >= 0.6 is 0 Å². The smallest absolute Gasteiger partial charge is 0.254 e. The maximum Gasteiger partial charge on any atom is 0.254 e. The van der Waals surface area contributed by atoms with Gasteiger partial charge in [0.25, 0.3) is 5.91 Å². The van der Waals surface area contributed by atoms with Gasteiger partial charge in [-0.1, -0.05) is 13.0 Å². The third-order valence-electron chi connectivity index (χ3n) is 3.58. The van der Waals surface area contributed by atoms with Crippen molar-refractivity contribution in [1.82, 2.24) is 10.2 Å². The first-order chi connectivity index (χ1) is 9.58. The van der Waals surface area contributed by atoms with Crippen LogP contribution in [0, 0.1) is 17.6 Å². The van der Waals surface area contributed by atoms with Crippen molar-refractivity contribution in [1.29, 1.82) is 0 Å². The van der Waals surface area contributed by atoms with Gasteiger partial charge in [0, 0.05) is 13.1 Å². The zero-order chi connectivity index (χ0) is 14.5. The third-order valence-corrected chi connectivity index (χ3v) is 3.58. The molecule has 1 heterocycles. The molecule has 1 fully saturated rings. The molecular formula is C15H20F2N2O.